The molecule has 2 atom stereocenters. The minimum absolute atomic E-state index is 0.00165. The highest BCUT2D eigenvalue weighted by Gasteiger charge is 2.46. The van der Waals surface area contributed by atoms with E-state index in [1.54, 1.807) is 36.5 Å². The lowest BCUT2D eigenvalue weighted by Crippen LogP contribution is -2.54. The van der Waals surface area contributed by atoms with Crippen LogP contribution in [0.2, 0.25) is 5.02 Å². The number of amides is 6. The van der Waals surface area contributed by atoms with E-state index in [1.807, 2.05) is 13.0 Å². The van der Waals surface area contributed by atoms with Gasteiger partial charge in [-0.15, -0.1) is 0 Å². The van der Waals surface area contributed by atoms with Gasteiger partial charge in [-0.3, -0.25) is 44.0 Å². The number of hydrogen-bond donors (Lipinski definition) is 3. The molecule has 7 rings (SSSR count). The number of pyridine rings is 1. The molecular formula is C51H59ClFN5O13. The number of benzene rings is 3. The normalized spacial score (nSPS) is 18.3. The molecule has 3 N–H and O–H groups in total. The molecule has 380 valence electrons. The van der Waals surface area contributed by atoms with Gasteiger partial charge in [0.15, 0.2) is 6.61 Å². The van der Waals surface area contributed by atoms with Gasteiger partial charge in [0.2, 0.25) is 17.7 Å². The van der Waals surface area contributed by atoms with Gasteiger partial charge in [-0.1, -0.05) is 24.6 Å². The number of nitrogens with one attached hydrogen (secondary N) is 3. The number of piperidine rings is 1. The van der Waals surface area contributed by atoms with Gasteiger partial charge in [-0.25, -0.2) is 4.39 Å². The van der Waals surface area contributed by atoms with E-state index in [0.29, 0.717) is 81.8 Å². The number of imide groups is 2. The Hall–Kier alpha value is -6.09. The first kappa shape index (κ1) is 52.7. The average Bonchev–Trinajstić information content (AvgIpc) is 3.62. The summed E-state index contributed by atoms with van der Waals surface area (Å²) in [5.74, 6) is -2.57. The highest BCUT2D eigenvalue weighted by atomic mass is 35.5. The van der Waals surface area contributed by atoms with Crippen molar-refractivity contribution in [2.75, 3.05) is 91.1 Å². The predicted molar refractivity (Wildman–Crippen MR) is 257 cm³/mol. The zero-order valence-corrected chi connectivity index (χ0v) is 40.3. The Morgan fingerprint density at radius 3 is 2.14 bits per heavy atom. The second-order valence-corrected chi connectivity index (χ2v) is 17.7. The highest BCUT2D eigenvalue weighted by Crippen LogP contribution is 2.41. The lowest BCUT2D eigenvalue weighted by molar-refractivity contribution is -0.136. The van der Waals surface area contributed by atoms with Crippen LogP contribution in [0, 0.1) is 17.7 Å². The summed E-state index contributed by atoms with van der Waals surface area (Å²) in [6, 6.07) is 15.2. The fourth-order valence-corrected chi connectivity index (χ4v) is 9.01. The van der Waals surface area contributed by atoms with Crippen molar-refractivity contribution in [3.63, 3.8) is 0 Å². The second-order valence-electron chi connectivity index (χ2n) is 17.3. The summed E-state index contributed by atoms with van der Waals surface area (Å²) in [6.45, 7) is 5.39. The van der Waals surface area contributed by atoms with Crippen molar-refractivity contribution >= 4 is 63.6 Å². The van der Waals surface area contributed by atoms with Crippen LogP contribution in [0.3, 0.4) is 0 Å². The van der Waals surface area contributed by atoms with Gasteiger partial charge in [0.1, 0.15) is 30.0 Å². The van der Waals surface area contributed by atoms with E-state index < -0.39 is 42.2 Å². The quantitative estimate of drug-likeness (QED) is 0.0487. The number of anilines is 1. The molecule has 1 unspecified atom stereocenters. The smallest absolute Gasteiger partial charge is 0.266 e. The Balaban J connectivity index is 0.653. The van der Waals surface area contributed by atoms with Crippen LogP contribution < -0.4 is 25.4 Å². The van der Waals surface area contributed by atoms with Crippen molar-refractivity contribution in [3.8, 4) is 11.5 Å². The number of nitrogens with zero attached hydrogens (tertiary/aromatic N) is 2. The molecule has 4 aromatic rings. The van der Waals surface area contributed by atoms with Crippen molar-refractivity contribution in [3.05, 3.63) is 94.4 Å². The topological polar surface area (TPSA) is 219 Å². The largest absolute Gasteiger partial charge is 0.490 e. The van der Waals surface area contributed by atoms with Crippen LogP contribution in [0.1, 0.15) is 77.6 Å². The zero-order chi connectivity index (χ0) is 50.1. The van der Waals surface area contributed by atoms with E-state index >= 15 is 0 Å². The van der Waals surface area contributed by atoms with E-state index in [0.717, 1.165) is 47.0 Å². The van der Waals surface area contributed by atoms with E-state index in [9.17, 15) is 33.2 Å². The highest BCUT2D eigenvalue weighted by molar-refractivity contribution is 6.32. The summed E-state index contributed by atoms with van der Waals surface area (Å²) < 4.78 is 53.2. The van der Waals surface area contributed by atoms with Crippen molar-refractivity contribution in [2.45, 2.75) is 57.4 Å². The molecule has 1 aromatic heterocycles. The number of rotatable bonds is 27. The molecule has 1 saturated heterocycles. The van der Waals surface area contributed by atoms with Crippen LogP contribution in [-0.2, 0) is 42.9 Å². The third-order valence-electron chi connectivity index (χ3n) is 12.6. The Labute approximate surface area is 415 Å². The first-order chi connectivity index (χ1) is 34.5. The molecular weight excluding hydrogens is 945 g/mol. The number of ether oxygens (including phenoxy) is 7. The number of aromatic nitrogens is 1. The first-order valence-corrected chi connectivity index (χ1v) is 24.3. The maximum atomic E-state index is 14.0. The molecule has 3 aromatic carbocycles. The van der Waals surface area contributed by atoms with E-state index in [4.69, 9.17) is 44.8 Å². The number of halogens is 2. The molecule has 1 saturated carbocycles. The van der Waals surface area contributed by atoms with E-state index in [2.05, 4.69) is 20.9 Å². The Morgan fingerprint density at radius 1 is 0.775 bits per heavy atom. The van der Waals surface area contributed by atoms with Crippen molar-refractivity contribution < 1.29 is 66.3 Å². The van der Waals surface area contributed by atoms with Gasteiger partial charge in [-0.05, 0) is 98.0 Å². The molecule has 71 heavy (non-hydrogen) atoms. The van der Waals surface area contributed by atoms with Gasteiger partial charge in [-0.2, -0.15) is 0 Å². The summed E-state index contributed by atoms with van der Waals surface area (Å²) in [4.78, 5) is 81.0. The molecule has 20 heteroatoms. The Kier molecular flexibility index (Phi) is 19.6. The Morgan fingerprint density at radius 2 is 1.45 bits per heavy atom. The molecule has 2 aliphatic heterocycles. The Bertz CT molecular complexity index is 2520. The molecule has 0 radical (unpaired) electrons. The lowest BCUT2D eigenvalue weighted by atomic mass is 9.73. The molecule has 0 spiro atoms. The van der Waals surface area contributed by atoms with Crippen LogP contribution in [0.5, 0.6) is 11.5 Å². The van der Waals surface area contributed by atoms with Gasteiger partial charge in [0.05, 0.1) is 87.7 Å². The minimum Gasteiger partial charge on any atom is -0.490 e. The number of hydrogen-bond acceptors (Lipinski definition) is 14. The minimum atomic E-state index is -1.11. The molecule has 6 amide bonds. The molecule has 2 fully saturated rings. The fraction of sp³-hybridized carbons (Fsp3) is 0.471. The van der Waals surface area contributed by atoms with Crippen molar-refractivity contribution in [1.29, 1.82) is 0 Å². The molecule has 18 nitrogen and oxygen atoms in total. The lowest BCUT2D eigenvalue weighted by Gasteiger charge is -2.32. The van der Waals surface area contributed by atoms with Crippen LogP contribution in [-0.4, -0.2) is 137 Å². The summed E-state index contributed by atoms with van der Waals surface area (Å²) in [6.07, 6.45) is 5.45. The van der Waals surface area contributed by atoms with E-state index in [1.165, 1.54) is 24.3 Å². The monoisotopic (exact) mass is 1000 g/mol. The fourth-order valence-electron chi connectivity index (χ4n) is 8.84. The van der Waals surface area contributed by atoms with Crippen LogP contribution in [0.15, 0.2) is 66.9 Å². The number of carbonyl (C=O) groups is 6. The summed E-state index contributed by atoms with van der Waals surface area (Å²) in [5.41, 5.74) is 2.53. The van der Waals surface area contributed by atoms with Crippen LogP contribution >= 0.6 is 11.6 Å². The first-order valence-electron chi connectivity index (χ1n) is 23.9. The standard InChI is InChI=1S/C51H59ClFN5O13/c1-32(33-5-7-34(8-6-33)37-15-16-54-41-12-9-35(53)29-39(37)41)48(61)56-36-10-11-40(52)44(30-36)70-28-27-69-26-25-68-24-23-67-22-21-66-20-19-65-18-17-55-46(60)31-71-43-4-2-3-38-47(43)51(64)58(50(38)63)42-13-14-45(59)57-49(42)62/h2-4,9-12,15-16,29-30,32-34,42H,5-8,13-14,17-28,31H2,1H3,(H,55,60)(H,56,61)(H,57,59,62)/t32-,33?,34?,42?/m1/s1. The van der Waals surface area contributed by atoms with E-state index in [-0.39, 0.29) is 73.0 Å². The number of fused-ring (bicyclic) bond motifs is 2. The van der Waals surface area contributed by atoms with Crippen molar-refractivity contribution in [1.82, 2.24) is 20.5 Å². The number of carbonyl (C=O) groups excluding carboxylic acids is 6. The maximum Gasteiger partial charge on any atom is 0.266 e. The predicted octanol–water partition coefficient (Wildman–Crippen LogP) is 5.63. The SMILES string of the molecule is C[C@@H](C(=O)Nc1ccc(Cl)c(OCCOCCOCCOCCOCCOCCNC(=O)COc2cccc3c2C(=O)N(C2CCC(=O)NC2=O)C3=O)c1)C1CCC(c2ccnc3ccc(F)cc23)CC1. The van der Waals surface area contributed by atoms with Crippen LogP contribution in [0.4, 0.5) is 10.1 Å². The molecule has 0 bridgehead atoms. The molecule has 3 heterocycles. The van der Waals surface area contributed by atoms with Crippen LogP contribution in [0.25, 0.3) is 10.9 Å². The third kappa shape index (κ3) is 14.5. The third-order valence-corrected chi connectivity index (χ3v) is 12.9. The molecule has 3 aliphatic rings. The molecule has 1 aliphatic carbocycles. The maximum absolute atomic E-state index is 14.0. The van der Waals surface area contributed by atoms with Gasteiger partial charge in [0, 0.05) is 42.2 Å². The van der Waals surface area contributed by atoms with Crippen molar-refractivity contribution in [2.24, 2.45) is 11.8 Å². The second kappa shape index (κ2) is 26.4. The summed E-state index contributed by atoms with van der Waals surface area (Å²) in [7, 11) is 0. The van der Waals surface area contributed by atoms with Gasteiger partial charge < -0.3 is 43.8 Å². The summed E-state index contributed by atoms with van der Waals surface area (Å²) >= 11 is 6.39. The van der Waals surface area contributed by atoms with Gasteiger partial charge >= 0.3 is 0 Å². The average molecular weight is 1000 g/mol. The zero-order valence-electron chi connectivity index (χ0n) is 39.6. The summed E-state index contributed by atoms with van der Waals surface area (Å²) in [5, 5.41) is 9.11. The van der Waals surface area contributed by atoms with Gasteiger partial charge in [0.25, 0.3) is 17.7 Å².